The zero-order valence-corrected chi connectivity index (χ0v) is 55.1. The van der Waals surface area contributed by atoms with Gasteiger partial charge in [0.1, 0.15) is 66.5 Å². The van der Waals surface area contributed by atoms with Gasteiger partial charge in [-0.3, -0.25) is 57.5 Å². The Kier molecular flexibility index (Phi) is 35.7. The topological polar surface area (TPSA) is 490 Å². The Morgan fingerprint density at radius 3 is 1.42 bits per heavy atom. The van der Waals surface area contributed by atoms with Gasteiger partial charge in [-0.05, 0) is 133 Å². The molecule has 0 bridgehead atoms. The fourth-order valence-corrected chi connectivity index (χ4v) is 10.1. The van der Waals surface area contributed by atoms with Crippen LogP contribution >= 0.6 is 0 Å². The van der Waals surface area contributed by atoms with Crippen LogP contribution < -0.4 is 76.1 Å². The van der Waals surface area contributed by atoms with Gasteiger partial charge in [-0.15, -0.1) is 0 Å². The molecule has 1 aliphatic rings. The molecular weight excluding hydrogens is 1190 g/mol. The van der Waals surface area contributed by atoms with Gasteiger partial charge in [0.25, 0.3) is 0 Å². The minimum Gasteiger partial charge on any atom is -0.480 e. The highest BCUT2D eigenvalue weighted by molar-refractivity contribution is 5.99. The van der Waals surface area contributed by atoms with Gasteiger partial charge in [0, 0.05) is 13.0 Å². The van der Waals surface area contributed by atoms with Crippen molar-refractivity contribution in [3.8, 4) is 0 Å². The summed E-state index contributed by atoms with van der Waals surface area (Å²) >= 11 is 0. The lowest BCUT2D eigenvalue weighted by Gasteiger charge is -2.31. The van der Waals surface area contributed by atoms with Gasteiger partial charge in [-0.25, -0.2) is 4.79 Å². The van der Waals surface area contributed by atoms with Crippen molar-refractivity contribution in [2.75, 3.05) is 26.2 Å². The van der Waals surface area contributed by atoms with Crippen LogP contribution in [0, 0.1) is 23.7 Å². The Labute approximate surface area is 539 Å². The molecule has 1 aliphatic heterocycles. The first-order chi connectivity index (χ1) is 43.3. The SMILES string of the molecule is CC(C)C[C@H](NC(=O)[C@H](C)NC(=O)[C@H](CCCCN)NC(=O)[C@@H]1CCCN1C(=O)[C@H](CCCCN)NC(=O)[C@@H](NC(=O)[C@@H](N)Cc1ccccc1)C(C)C)C(=O)N[C@@H](CO)C(=O)N[C@@H](CC(C)C)C(=O)N[C@@H](CCC(N)=O)C(=O)N[C@@H](C)C(=O)N[C@H](C(=O)O)C(C)C. The van der Waals surface area contributed by atoms with Crippen molar-refractivity contribution >= 4 is 76.9 Å². The summed E-state index contributed by atoms with van der Waals surface area (Å²) in [6.07, 6.45) is 2.11. The minimum atomic E-state index is -1.71. The normalized spacial score (nSPS) is 16.6. The number of nitrogens with one attached hydrogen (secondary N) is 10. The maximum atomic E-state index is 14.5. The summed E-state index contributed by atoms with van der Waals surface area (Å²) in [5, 5.41) is 45.6. The lowest BCUT2D eigenvalue weighted by atomic mass is 10.00. The Morgan fingerprint density at radius 1 is 0.511 bits per heavy atom. The van der Waals surface area contributed by atoms with E-state index >= 15 is 0 Å². The molecule has 0 spiro atoms. The number of hydrogen-bond donors (Lipinski definition) is 16. The molecule has 0 unspecified atom stereocenters. The van der Waals surface area contributed by atoms with Gasteiger partial charge in [-0.2, -0.15) is 0 Å². The van der Waals surface area contributed by atoms with E-state index in [0.717, 1.165) is 5.56 Å². The van der Waals surface area contributed by atoms with E-state index in [1.807, 2.05) is 30.3 Å². The summed E-state index contributed by atoms with van der Waals surface area (Å²) in [5.74, 6) is -12.3. The molecule has 1 aromatic carbocycles. The van der Waals surface area contributed by atoms with Crippen LogP contribution in [0.2, 0.25) is 0 Å². The summed E-state index contributed by atoms with van der Waals surface area (Å²) in [6.45, 7) is 15.9. The highest BCUT2D eigenvalue weighted by Gasteiger charge is 2.41. The lowest BCUT2D eigenvalue weighted by Crippen LogP contribution is -2.61. The summed E-state index contributed by atoms with van der Waals surface area (Å²) in [6, 6.07) is -6.21. The number of primary amides is 1. The van der Waals surface area contributed by atoms with Crippen molar-refractivity contribution in [1.82, 2.24) is 58.1 Å². The molecule has 20 N–H and O–H groups in total. The third-order valence-corrected chi connectivity index (χ3v) is 15.4. The Bertz CT molecular complexity index is 2630. The minimum absolute atomic E-state index is 0.00596. The Hall–Kier alpha value is -7.83. The highest BCUT2D eigenvalue weighted by Crippen LogP contribution is 2.22. The van der Waals surface area contributed by atoms with Gasteiger partial charge >= 0.3 is 5.97 Å². The number of amides is 12. The number of carbonyl (C=O) groups is 13. The number of carboxylic acids is 1. The summed E-state index contributed by atoms with van der Waals surface area (Å²) in [7, 11) is 0. The van der Waals surface area contributed by atoms with E-state index in [-0.39, 0.29) is 69.9 Å². The van der Waals surface area contributed by atoms with Gasteiger partial charge in [0.05, 0.1) is 12.6 Å². The molecule has 1 heterocycles. The zero-order valence-electron chi connectivity index (χ0n) is 55.1. The van der Waals surface area contributed by atoms with Crippen molar-refractivity contribution < 1.29 is 72.5 Å². The summed E-state index contributed by atoms with van der Waals surface area (Å²) < 4.78 is 0. The molecule has 0 radical (unpaired) electrons. The third-order valence-electron chi connectivity index (χ3n) is 15.4. The van der Waals surface area contributed by atoms with E-state index < -0.39 is 174 Å². The molecule has 1 aromatic rings. The van der Waals surface area contributed by atoms with E-state index in [1.54, 1.807) is 55.4 Å². The molecule has 0 aromatic heterocycles. The molecule has 0 aliphatic carbocycles. The van der Waals surface area contributed by atoms with Crippen LogP contribution in [0.4, 0.5) is 0 Å². The van der Waals surface area contributed by atoms with Crippen LogP contribution in [0.25, 0.3) is 0 Å². The number of likely N-dealkylation sites (tertiary alicyclic amines) is 1. The summed E-state index contributed by atoms with van der Waals surface area (Å²) in [4.78, 5) is 177. The maximum absolute atomic E-state index is 14.5. The molecule has 12 amide bonds. The fraction of sp³-hybridized carbons (Fsp3) is 0.694. The fourth-order valence-electron chi connectivity index (χ4n) is 10.1. The second-order valence-electron chi connectivity index (χ2n) is 25.1. The monoisotopic (exact) mass is 1300 g/mol. The number of nitrogens with two attached hydrogens (primary N) is 4. The van der Waals surface area contributed by atoms with Gasteiger partial charge < -0.3 is 91.2 Å². The van der Waals surface area contributed by atoms with Gasteiger partial charge in [-0.1, -0.05) is 85.7 Å². The quantitative estimate of drug-likeness (QED) is 0.0299. The van der Waals surface area contributed by atoms with Crippen molar-refractivity contribution in [2.45, 2.75) is 225 Å². The number of aliphatic hydroxyl groups is 1. The van der Waals surface area contributed by atoms with E-state index in [9.17, 15) is 72.5 Å². The highest BCUT2D eigenvalue weighted by atomic mass is 16.4. The molecule has 92 heavy (non-hydrogen) atoms. The van der Waals surface area contributed by atoms with E-state index in [0.29, 0.717) is 38.6 Å². The van der Waals surface area contributed by atoms with Gasteiger partial charge in [0.2, 0.25) is 70.9 Å². The first kappa shape index (κ1) is 80.3. The van der Waals surface area contributed by atoms with Crippen molar-refractivity contribution in [3.05, 3.63) is 35.9 Å². The standard InChI is InChI=1S/C62H105N15O15/c1-33(2)29-44(57(86)74-46(32-78)58(87)73-45(30-34(3)4)56(85)69-42(24-25-48(66)79)55(84)68-38(10)52(81)76-50(36(7)8)62(91)92)72-51(80)37(9)67-54(83)41(21-14-16-26-63)70-59(88)47-23-18-28-77(47)61(90)43(22-15-17-27-64)71-60(89)49(35(5)6)75-53(82)40(65)31-39-19-12-11-13-20-39/h11-13,19-20,33-38,40-47,49-50,78H,14-18,21-32,63-65H2,1-10H3,(H2,66,79)(H,67,83)(H,68,84)(H,69,85)(H,70,88)(H,71,89)(H,72,80)(H,73,87)(H,74,86)(H,75,82)(H,76,81)(H,91,92)/t37-,38-,40-,41-,42-,43-,44-,45-,46-,47-,49-,50-/m0/s1. The van der Waals surface area contributed by atoms with Crippen molar-refractivity contribution in [3.63, 3.8) is 0 Å². The first-order valence-corrected chi connectivity index (χ1v) is 31.9. The Balaban J connectivity index is 2.27. The molecular formula is C62H105N15O15. The molecule has 0 saturated carbocycles. The molecule has 1 fully saturated rings. The van der Waals surface area contributed by atoms with Crippen LogP contribution in [0.5, 0.6) is 0 Å². The molecule has 2 rings (SSSR count). The number of rotatable bonds is 42. The molecule has 30 heteroatoms. The number of carboxylic acid groups (broad SMARTS) is 1. The number of benzene rings is 1. The lowest BCUT2D eigenvalue weighted by molar-refractivity contribution is -0.143. The van der Waals surface area contributed by atoms with E-state index in [1.165, 1.54) is 18.7 Å². The van der Waals surface area contributed by atoms with E-state index in [2.05, 4.69) is 53.2 Å². The third kappa shape index (κ3) is 28.0. The van der Waals surface area contributed by atoms with Crippen molar-refractivity contribution in [2.24, 2.45) is 46.6 Å². The number of aliphatic carboxylic acids is 1. The largest absolute Gasteiger partial charge is 0.480 e. The molecule has 1 saturated heterocycles. The second kappa shape index (κ2) is 40.9. The summed E-state index contributed by atoms with van der Waals surface area (Å²) in [5.41, 5.74) is 24.0. The first-order valence-electron chi connectivity index (χ1n) is 31.9. The van der Waals surface area contributed by atoms with Crippen molar-refractivity contribution in [1.29, 1.82) is 0 Å². The average Bonchev–Trinajstić information content (AvgIpc) is 1.66. The van der Waals surface area contributed by atoms with Gasteiger partial charge in [0.15, 0.2) is 0 Å². The number of carbonyl (C=O) groups excluding carboxylic acids is 12. The van der Waals surface area contributed by atoms with E-state index in [4.69, 9.17) is 22.9 Å². The maximum Gasteiger partial charge on any atom is 0.326 e. The molecule has 518 valence electrons. The van der Waals surface area contributed by atoms with Crippen LogP contribution in [-0.2, 0) is 68.7 Å². The van der Waals surface area contributed by atoms with Crippen LogP contribution in [0.15, 0.2) is 30.3 Å². The number of unbranched alkanes of at least 4 members (excludes halogenated alkanes) is 2. The van der Waals surface area contributed by atoms with Crippen LogP contribution in [0.3, 0.4) is 0 Å². The number of aliphatic hydroxyl groups excluding tert-OH is 1. The van der Waals surface area contributed by atoms with Crippen LogP contribution in [-0.4, -0.2) is 191 Å². The second-order valence-corrected chi connectivity index (χ2v) is 25.1. The average molecular weight is 1300 g/mol. The zero-order chi connectivity index (χ0) is 69.5. The number of hydrogen-bond acceptors (Lipinski definition) is 17. The predicted molar refractivity (Wildman–Crippen MR) is 341 cm³/mol. The molecule has 12 atom stereocenters. The molecule has 30 nitrogen and oxygen atoms in total. The van der Waals surface area contributed by atoms with Crippen LogP contribution in [0.1, 0.15) is 152 Å². The Morgan fingerprint density at radius 2 is 0.946 bits per heavy atom. The smallest absolute Gasteiger partial charge is 0.326 e. The number of nitrogens with zero attached hydrogens (tertiary/aromatic N) is 1. The predicted octanol–water partition coefficient (Wildman–Crippen LogP) is -2.56.